The van der Waals surface area contributed by atoms with E-state index in [2.05, 4.69) is 20.8 Å². The molecule has 0 aliphatic heterocycles. The van der Waals surface area contributed by atoms with Crippen LogP contribution in [-0.4, -0.2) is 16.6 Å². The average Bonchev–Trinajstić information content (AvgIpc) is 2.03. The summed E-state index contributed by atoms with van der Waals surface area (Å²) in [6.07, 6.45) is 2.69. The maximum atomic E-state index is 11.4. The Balaban J connectivity index is 2.39. The van der Waals surface area contributed by atoms with Gasteiger partial charge in [0.05, 0.1) is 0 Å². The number of hydrogen-bond acceptors (Lipinski definition) is 3. The summed E-state index contributed by atoms with van der Waals surface area (Å²) in [6, 6.07) is 2.56. The Labute approximate surface area is 62.0 Å². The molecule has 0 saturated carbocycles. The highest BCUT2D eigenvalue weighted by atomic mass is 19.3. The molecule has 0 aromatic carbocycles. The third-order valence-corrected chi connectivity index (χ3v) is 0.915. The molecular weight excluding hydrogens is 154 g/mol. The number of alkyl halides is 2. The minimum absolute atomic E-state index is 0.226. The van der Waals surface area contributed by atoms with E-state index in [1.807, 2.05) is 0 Å². The molecule has 0 aliphatic rings. The zero-order valence-corrected chi connectivity index (χ0v) is 5.50. The van der Waals surface area contributed by atoms with Crippen LogP contribution in [0.2, 0.25) is 0 Å². The number of rotatable bonds is 3. The molecule has 5 heteroatoms. The Morgan fingerprint density at radius 2 is 2.09 bits per heavy atom. The Hall–Kier alpha value is -1.10. The molecule has 1 rings (SSSR count). The van der Waals surface area contributed by atoms with Crippen LogP contribution in [0, 0.1) is 6.07 Å². The zero-order chi connectivity index (χ0) is 8.10. The van der Waals surface area contributed by atoms with Crippen molar-refractivity contribution in [1.29, 1.82) is 0 Å². The molecule has 0 N–H and O–H groups in total. The highest BCUT2D eigenvalue weighted by Gasteiger charge is 2.02. The van der Waals surface area contributed by atoms with E-state index in [-0.39, 0.29) is 12.4 Å². The lowest BCUT2D eigenvalue weighted by atomic mass is 10.6. The first-order valence-corrected chi connectivity index (χ1v) is 2.86. The first kappa shape index (κ1) is 8.00. The molecule has 1 aromatic rings. The van der Waals surface area contributed by atoms with Gasteiger partial charge in [-0.1, -0.05) is 0 Å². The molecule has 1 radical (unpaired) electrons. The molecule has 3 nitrogen and oxygen atoms in total. The van der Waals surface area contributed by atoms with E-state index in [4.69, 9.17) is 0 Å². The fourth-order valence-corrected chi connectivity index (χ4v) is 0.502. The van der Waals surface area contributed by atoms with Gasteiger partial charge >= 0.3 is 6.61 Å². The van der Waals surface area contributed by atoms with Crippen molar-refractivity contribution in [3.63, 3.8) is 0 Å². The van der Waals surface area contributed by atoms with Crippen molar-refractivity contribution >= 4 is 0 Å². The fraction of sp³-hybridized carbons (Fsp3) is 0.333. The standard InChI is InChI=1S/C6H5F2N2O/c7-6(8)11-4-5-9-2-1-3-10-5/h2-3,6H,4H2. The van der Waals surface area contributed by atoms with Crippen molar-refractivity contribution in [3.8, 4) is 0 Å². The van der Waals surface area contributed by atoms with Crippen molar-refractivity contribution in [2.24, 2.45) is 0 Å². The van der Waals surface area contributed by atoms with Gasteiger partial charge in [-0.05, 0) is 0 Å². The topological polar surface area (TPSA) is 35.0 Å². The van der Waals surface area contributed by atoms with Gasteiger partial charge in [0.2, 0.25) is 0 Å². The van der Waals surface area contributed by atoms with Gasteiger partial charge in [0.15, 0.2) is 5.82 Å². The largest absolute Gasteiger partial charge is 0.345 e. The van der Waals surface area contributed by atoms with Crippen LogP contribution in [0.1, 0.15) is 5.82 Å². The molecular formula is C6H5F2N2O. The fourth-order valence-electron chi connectivity index (χ4n) is 0.502. The Kier molecular flexibility index (Phi) is 2.85. The minimum atomic E-state index is -2.78. The lowest BCUT2D eigenvalue weighted by molar-refractivity contribution is -0.138. The van der Waals surface area contributed by atoms with Crippen LogP contribution in [0.3, 0.4) is 0 Å². The van der Waals surface area contributed by atoms with E-state index in [9.17, 15) is 8.78 Å². The van der Waals surface area contributed by atoms with Gasteiger partial charge in [-0.2, -0.15) is 8.78 Å². The van der Waals surface area contributed by atoms with Crippen molar-refractivity contribution in [2.75, 3.05) is 0 Å². The van der Waals surface area contributed by atoms with Crippen LogP contribution in [0.25, 0.3) is 0 Å². The third-order valence-electron chi connectivity index (χ3n) is 0.915. The predicted octanol–water partition coefficient (Wildman–Crippen LogP) is 1.02. The highest BCUT2D eigenvalue weighted by Crippen LogP contribution is 1.98. The van der Waals surface area contributed by atoms with Crippen LogP contribution in [-0.2, 0) is 11.3 Å². The third kappa shape index (κ3) is 2.99. The van der Waals surface area contributed by atoms with Gasteiger partial charge in [-0.25, -0.2) is 9.97 Å². The monoisotopic (exact) mass is 159 g/mol. The van der Waals surface area contributed by atoms with E-state index in [1.165, 1.54) is 12.4 Å². The number of nitrogens with zero attached hydrogens (tertiary/aromatic N) is 2. The van der Waals surface area contributed by atoms with E-state index in [0.29, 0.717) is 0 Å². The molecule has 0 atom stereocenters. The van der Waals surface area contributed by atoms with Crippen LogP contribution >= 0.6 is 0 Å². The number of aromatic nitrogens is 2. The van der Waals surface area contributed by atoms with Crippen molar-refractivity contribution < 1.29 is 13.5 Å². The predicted molar refractivity (Wildman–Crippen MR) is 31.7 cm³/mol. The summed E-state index contributed by atoms with van der Waals surface area (Å²) in [7, 11) is 0. The van der Waals surface area contributed by atoms with Gasteiger partial charge in [-0.15, -0.1) is 0 Å². The molecule has 0 amide bonds. The second kappa shape index (κ2) is 3.92. The molecule has 0 saturated heterocycles. The van der Waals surface area contributed by atoms with Crippen LogP contribution in [0.4, 0.5) is 8.78 Å². The van der Waals surface area contributed by atoms with Crippen LogP contribution in [0.15, 0.2) is 12.4 Å². The zero-order valence-electron chi connectivity index (χ0n) is 5.50. The lowest BCUT2D eigenvalue weighted by Crippen LogP contribution is -2.02. The number of halogens is 2. The molecule has 1 aromatic heterocycles. The van der Waals surface area contributed by atoms with Gasteiger partial charge in [0, 0.05) is 18.5 Å². The molecule has 59 valence electrons. The second-order valence-corrected chi connectivity index (χ2v) is 1.67. The summed E-state index contributed by atoms with van der Waals surface area (Å²) in [4.78, 5) is 7.25. The van der Waals surface area contributed by atoms with Crippen LogP contribution < -0.4 is 0 Å². The normalized spacial score (nSPS) is 10.5. The van der Waals surface area contributed by atoms with E-state index in [0.717, 1.165) is 0 Å². The first-order valence-electron chi connectivity index (χ1n) is 2.86. The van der Waals surface area contributed by atoms with Gasteiger partial charge in [0.1, 0.15) is 6.61 Å². The van der Waals surface area contributed by atoms with Crippen molar-refractivity contribution in [1.82, 2.24) is 9.97 Å². The van der Waals surface area contributed by atoms with Crippen LogP contribution in [0.5, 0.6) is 0 Å². The quantitative estimate of drug-likeness (QED) is 0.660. The lowest BCUT2D eigenvalue weighted by Gasteiger charge is -1.98. The molecule has 0 fully saturated rings. The van der Waals surface area contributed by atoms with E-state index < -0.39 is 6.61 Å². The minimum Gasteiger partial charge on any atom is -0.315 e. The maximum absolute atomic E-state index is 11.4. The number of ether oxygens (including phenoxy) is 1. The summed E-state index contributed by atoms with van der Waals surface area (Å²) in [5.74, 6) is 0.226. The highest BCUT2D eigenvalue weighted by molar-refractivity contribution is 4.84. The molecule has 0 spiro atoms. The Morgan fingerprint density at radius 3 is 2.64 bits per heavy atom. The SMILES string of the molecule is FC(F)OCc1nc[c]cn1. The average molecular weight is 159 g/mol. The molecule has 11 heavy (non-hydrogen) atoms. The Morgan fingerprint density at radius 1 is 1.45 bits per heavy atom. The van der Waals surface area contributed by atoms with Crippen molar-refractivity contribution in [2.45, 2.75) is 13.2 Å². The smallest absolute Gasteiger partial charge is 0.315 e. The second-order valence-electron chi connectivity index (χ2n) is 1.67. The summed E-state index contributed by atoms with van der Waals surface area (Å²) < 4.78 is 26.8. The van der Waals surface area contributed by atoms with Gasteiger partial charge in [0.25, 0.3) is 0 Å². The van der Waals surface area contributed by atoms with Gasteiger partial charge < -0.3 is 4.74 Å². The van der Waals surface area contributed by atoms with E-state index in [1.54, 1.807) is 0 Å². The first-order chi connectivity index (χ1) is 5.29. The maximum Gasteiger partial charge on any atom is 0.345 e. The molecule has 0 aliphatic carbocycles. The summed E-state index contributed by atoms with van der Waals surface area (Å²) in [6.45, 7) is -3.05. The molecule has 0 bridgehead atoms. The van der Waals surface area contributed by atoms with Gasteiger partial charge in [-0.3, -0.25) is 0 Å². The summed E-state index contributed by atoms with van der Waals surface area (Å²) >= 11 is 0. The van der Waals surface area contributed by atoms with E-state index >= 15 is 0 Å². The summed E-state index contributed by atoms with van der Waals surface area (Å²) in [5, 5.41) is 0. The number of hydrogen-bond donors (Lipinski definition) is 0. The summed E-state index contributed by atoms with van der Waals surface area (Å²) in [5.41, 5.74) is 0. The molecule has 0 unspecified atom stereocenters. The molecule has 1 heterocycles. The van der Waals surface area contributed by atoms with Crippen molar-refractivity contribution in [3.05, 3.63) is 24.3 Å². The Bertz CT molecular complexity index is 205.